The second-order valence-corrected chi connectivity index (χ2v) is 8.30. The number of hydrogen-bond acceptors (Lipinski definition) is 8. The van der Waals surface area contributed by atoms with Crippen LogP contribution in [0.2, 0.25) is 0 Å². The Kier molecular flexibility index (Phi) is 8.08. The number of amides is 1. The van der Waals surface area contributed by atoms with Crippen LogP contribution in [0.1, 0.15) is 30.5 Å². The zero-order chi connectivity index (χ0) is 25.7. The van der Waals surface area contributed by atoms with Gasteiger partial charge in [-0.3, -0.25) is 19.7 Å². The maximum atomic E-state index is 13.1. The van der Waals surface area contributed by atoms with Crippen LogP contribution in [0.25, 0.3) is 5.76 Å². The van der Waals surface area contributed by atoms with Crippen LogP contribution >= 0.6 is 0 Å². The number of nitro benzene ring substituents is 1. The quantitative estimate of drug-likeness (QED) is 0.179. The first-order valence-corrected chi connectivity index (χ1v) is 11.2. The van der Waals surface area contributed by atoms with Crippen LogP contribution in [-0.4, -0.2) is 72.4 Å². The summed E-state index contributed by atoms with van der Waals surface area (Å²) in [4.78, 5) is 40.0. The molecule has 1 aliphatic heterocycles. The highest BCUT2D eigenvalue weighted by Crippen LogP contribution is 2.42. The molecule has 0 radical (unpaired) electrons. The molecule has 1 aliphatic rings. The van der Waals surface area contributed by atoms with Crippen molar-refractivity contribution in [1.29, 1.82) is 0 Å². The molecule has 0 spiro atoms. The van der Waals surface area contributed by atoms with Crippen molar-refractivity contribution in [2.75, 3.05) is 40.9 Å². The lowest BCUT2D eigenvalue weighted by Crippen LogP contribution is -2.32. The zero-order valence-corrected chi connectivity index (χ0v) is 20.2. The first-order chi connectivity index (χ1) is 16.7. The number of carbonyl (C=O) groups excluding carboxylic acids is 2. The van der Waals surface area contributed by atoms with Gasteiger partial charge in [-0.2, -0.15) is 0 Å². The molecular weight excluding hydrogens is 454 g/mol. The van der Waals surface area contributed by atoms with E-state index in [4.69, 9.17) is 9.47 Å². The maximum Gasteiger partial charge on any atom is 0.295 e. The number of ketones is 1. The monoisotopic (exact) mass is 483 g/mol. The number of ether oxygens (including phenoxy) is 2. The Morgan fingerprint density at radius 2 is 1.83 bits per heavy atom. The molecule has 1 heterocycles. The minimum absolute atomic E-state index is 0.0834. The third kappa shape index (κ3) is 5.43. The van der Waals surface area contributed by atoms with E-state index in [1.54, 1.807) is 18.2 Å². The van der Waals surface area contributed by atoms with Crippen LogP contribution in [0.5, 0.6) is 11.5 Å². The highest BCUT2D eigenvalue weighted by molar-refractivity contribution is 6.46. The average molecular weight is 484 g/mol. The lowest BCUT2D eigenvalue weighted by atomic mass is 9.95. The number of Topliss-reactive ketones (excluding diaryl/α,β-unsaturated/α-hetero) is 1. The number of hydrogen-bond donors (Lipinski definition) is 1. The molecule has 0 aliphatic carbocycles. The van der Waals surface area contributed by atoms with Gasteiger partial charge in [0.05, 0.1) is 30.3 Å². The van der Waals surface area contributed by atoms with Gasteiger partial charge in [0, 0.05) is 24.2 Å². The maximum absolute atomic E-state index is 13.1. The SMILES string of the molecule is CCOc1ccc(C2/C(=C(/O)c3ccc([N+](=O)[O-])cc3)C(=O)C(=O)N2CCCN(C)C)cc1OC. The van der Waals surface area contributed by atoms with E-state index in [0.29, 0.717) is 43.2 Å². The molecule has 0 saturated carbocycles. The molecule has 1 saturated heterocycles. The number of methoxy groups -OCH3 is 1. The minimum Gasteiger partial charge on any atom is -0.507 e. The summed E-state index contributed by atoms with van der Waals surface area (Å²) in [6.45, 7) is 3.26. The molecule has 2 aromatic carbocycles. The smallest absolute Gasteiger partial charge is 0.295 e. The lowest BCUT2D eigenvalue weighted by molar-refractivity contribution is -0.384. The van der Waals surface area contributed by atoms with E-state index in [0.717, 1.165) is 0 Å². The second kappa shape index (κ2) is 11.0. The Labute approximate surface area is 203 Å². The molecule has 0 bridgehead atoms. The number of likely N-dealkylation sites (tertiary alicyclic amines) is 1. The van der Waals surface area contributed by atoms with Crippen molar-refractivity contribution in [3.63, 3.8) is 0 Å². The van der Waals surface area contributed by atoms with Crippen molar-refractivity contribution < 1.29 is 29.1 Å². The molecule has 1 fully saturated rings. The molecule has 10 nitrogen and oxygen atoms in total. The molecule has 1 amide bonds. The average Bonchev–Trinajstić information content (AvgIpc) is 3.09. The summed E-state index contributed by atoms with van der Waals surface area (Å²) >= 11 is 0. The lowest BCUT2D eigenvalue weighted by Gasteiger charge is -2.26. The van der Waals surface area contributed by atoms with Crippen LogP contribution in [-0.2, 0) is 9.59 Å². The molecule has 0 aromatic heterocycles. The Morgan fingerprint density at radius 3 is 2.40 bits per heavy atom. The van der Waals surface area contributed by atoms with Crippen molar-refractivity contribution in [2.45, 2.75) is 19.4 Å². The van der Waals surface area contributed by atoms with Crippen molar-refractivity contribution in [2.24, 2.45) is 0 Å². The molecule has 1 N–H and O–H groups in total. The summed E-state index contributed by atoms with van der Waals surface area (Å²) in [5.74, 6) is -0.989. The fourth-order valence-corrected chi connectivity index (χ4v) is 4.04. The minimum atomic E-state index is -0.864. The Hall–Kier alpha value is -3.92. The number of rotatable bonds is 10. The molecule has 2 aromatic rings. The van der Waals surface area contributed by atoms with Crippen molar-refractivity contribution >= 4 is 23.1 Å². The van der Waals surface area contributed by atoms with E-state index in [1.807, 2.05) is 25.9 Å². The second-order valence-electron chi connectivity index (χ2n) is 8.30. The molecule has 1 unspecified atom stereocenters. The topological polar surface area (TPSA) is 122 Å². The number of aliphatic hydroxyl groups is 1. The van der Waals surface area contributed by atoms with Gasteiger partial charge in [0.2, 0.25) is 0 Å². The highest BCUT2D eigenvalue weighted by Gasteiger charge is 2.46. The number of aliphatic hydroxyl groups excluding tert-OH is 1. The summed E-state index contributed by atoms with van der Waals surface area (Å²) in [5, 5.41) is 22.1. The van der Waals surface area contributed by atoms with E-state index in [2.05, 4.69) is 0 Å². The third-order valence-corrected chi connectivity index (χ3v) is 5.70. The van der Waals surface area contributed by atoms with Gasteiger partial charge >= 0.3 is 0 Å². The van der Waals surface area contributed by atoms with E-state index in [-0.39, 0.29) is 16.8 Å². The zero-order valence-electron chi connectivity index (χ0n) is 20.2. The van der Waals surface area contributed by atoms with Gasteiger partial charge < -0.3 is 24.4 Å². The van der Waals surface area contributed by atoms with Gasteiger partial charge in [0.25, 0.3) is 17.4 Å². The van der Waals surface area contributed by atoms with E-state index < -0.39 is 28.4 Å². The van der Waals surface area contributed by atoms with Crippen LogP contribution in [0, 0.1) is 10.1 Å². The van der Waals surface area contributed by atoms with Crippen molar-refractivity contribution in [1.82, 2.24) is 9.80 Å². The normalized spacial score (nSPS) is 17.2. The highest BCUT2D eigenvalue weighted by atomic mass is 16.6. The number of carbonyl (C=O) groups is 2. The van der Waals surface area contributed by atoms with Gasteiger partial charge in [-0.1, -0.05) is 6.07 Å². The first-order valence-electron chi connectivity index (χ1n) is 11.2. The molecule has 3 rings (SSSR count). The van der Waals surface area contributed by atoms with Crippen LogP contribution in [0.15, 0.2) is 48.0 Å². The van der Waals surface area contributed by atoms with Gasteiger partial charge in [-0.25, -0.2) is 0 Å². The number of non-ortho nitro benzene ring substituents is 1. The standard InChI is InChI=1S/C25H29N3O7/c1-5-35-19-12-9-17(15-20(19)34-4)22-21(23(29)16-7-10-18(11-8-16)28(32)33)24(30)25(31)27(22)14-6-13-26(2)3/h7-12,15,22,29H,5-6,13-14H2,1-4H3/b23-21-. The predicted octanol–water partition coefficient (Wildman–Crippen LogP) is 3.38. The Morgan fingerprint density at radius 1 is 1.14 bits per heavy atom. The van der Waals surface area contributed by atoms with Crippen molar-refractivity contribution in [3.8, 4) is 11.5 Å². The number of benzene rings is 2. The van der Waals surface area contributed by atoms with Crippen molar-refractivity contribution in [3.05, 3.63) is 69.3 Å². The summed E-state index contributed by atoms with van der Waals surface area (Å²) in [6.07, 6.45) is 0.613. The van der Waals surface area contributed by atoms with Gasteiger partial charge in [-0.05, 0) is 63.8 Å². The number of nitrogens with zero attached hydrogens (tertiary/aromatic N) is 3. The fraction of sp³-hybridized carbons (Fsp3) is 0.360. The Balaban J connectivity index is 2.13. The molecule has 10 heteroatoms. The molecule has 1 atom stereocenters. The van der Waals surface area contributed by atoms with Crippen LogP contribution in [0.3, 0.4) is 0 Å². The van der Waals surface area contributed by atoms with E-state index in [9.17, 15) is 24.8 Å². The largest absolute Gasteiger partial charge is 0.507 e. The van der Waals surface area contributed by atoms with Gasteiger partial charge in [0.1, 0.15) is 5.76 Å². The molecular formula is C25H29N3O7. The van der Waals surface area contributed by atoms with Crippen LogP contribution in [0.4, 0.5) is 5.69 Å². The summed E-state index contributed by atoms with van der Waals surface area (Å²) in [6, 6.07) is 9.41. The first kappa shape index (κ1) is 25.7. The number of nitro groups is 1. The summed E-state index contributed by atoms with van der Waals surface area (Å²) in [5.41, 5.74) is 0.529. The van der Waals surface area contributed by atoms with Crippen LogP contribution < -0.4 is 9.47 Å². The summed E-state index contributed by atoms with van der Waals surface area (Å²) in [7, 11) is 5.32. The fourth-order valence-electron chi connectivity index (χ4n) is 4.04. The predicted molar refractivity (Wildman–Crippen MR) is 129 cm³/mol. The summed E-state index contributed by atoms with van der Waals surface area (Å²) < 4.78 is 11.0. The van der Waals surface area contributed by atoms with E-state index in [1.165, 1.54) is 36.3 Å². The van der Waals surface area contributed by atoms with E-state index >= 15 is 0 Å². The van der Waals surface area contributed by atoms with Gasteiger partial charge in [0.15, 0.2) is 11.5 Å². The molecule has 35 heavy (non-hydrogen) atoms. The van der Waals surface area contributed by atoms with Gasteiger partial charge in [-0.15, -0.1) is 0 Å². The Bertz CT molecular complexity index is 1140. The molecule has 186 valence electrons. The third-order valence-electron chi connectivity index (χ3n) is 5.70.